The molecule has 0 saturated carbocycles. The largest absolute Gasteiger partial charge is 0.417 e. The lowest BCUT2D eigenvalue weighted by Crippen LogP contribution is -2.64. The number of hydrogen-bond donors (Lipinski definition) is 4. The van der Waals surface area contributed by atoms with E-state index in [0.717, 1.165) is 47.9 Å². The predicted molar refractivity (Wildman–Crippen MR) is 175 cm³/mol. The van der Waals surface area contributed by atoms with Crippen LogP contribution >= 0.6 is 0 Å². The number of amides is 4. The maximum Gasteiger partial charge on any atom is 0.246 e. The second-order valence-electron chi connectivity index (χ2n) is 12.5. The van der Waals surface area contributed by atoms with Gasteiger partial charge in [0.2, 0.25) is 23.6 Å². The molecule has 252 valence electrons. The van der Waals surface area contributed by atoms with E-state index < -0.39 is 36.0 Å². The number of fused-ring (bicyclic) bond motifs is 2. The lowest BCUT2D eigenvalue weighted by atomic mass is 9.93. The zero-order valence-electron chi connectivity index (χ0n) is 27.6. The average Bonchev–Trinajstić information content (AvgIpc) is 3.43. The summed E-state index contributed by atoms with van der Waals surface area (Å²) in [5, 5.41) is 22.2. The molecule has 1 aromatic carbocycles. The molecule has 3 heterocycles. The smallest absolute Gasteiger partial charge is 0.246 e. The molecular formula is C34H50N6O6. The van der Waals surface area contributed by atoms with E-state index in [2.05, 4.69) is 21.1 Å². The van der Waals surface area contributed by atoms with Crippen molar-refractivity contribution in [1.82, 2.24) is 25.6 Å². The van der Waals surface area contributed by atoms with Gasteiger partial charge in [-0.05, 0) is 62.5 Å². The van der Waals surface area contributed by atoms with E-state index in [-0.39, 0.29) is 24.2 Å². The lowest BCUT2D eigenvalue weighted by molar-refractivity contribution is -0.147. The molecule has 4 N–H and O–H groups in total. The summed E-state index contributed by atoms with van der Waals surface area (Å²) in [4.78, 5) is 62.9. The number of rotatable bonds is 12. The van der Waals surface area contributed by atoms with E-state index in [0.29, 0.717) is 45.1 Å². The van der Waals surface area contributed by atoms with Gasteiger partial charge < -0.3 is 30.9 Å². The van der Waals surface area contributed by atoms with E-state index >= 15 is 0 Å². The first-order valence-electron chi connectivity index (χ1n) is 16.8. The first-order chi connectivity index (χ1) is 22.2. The SMILES string of the molecule is CC/C(CCCCC[C@@H]1NC(=O)[C@H]2CCCCN2C(=O)[C@H]([C@@H](C)CC)NC(=O)[C@H](Cc2cn(OC)c3ccccc23)NC1=O)=N\O. The molecule has 12 heteroatoms. The molecule has 0 spiro atoms. The van der Waals surface area contributed by atoms with Crippen molar-refractivity contribution in [3.05, 3.63) is 36.0 Å². The molecule has 0 unspecified atom stereocenters. The van der Waals surface area contributed by atoms with Gasteiger partial charge in [-0.3, -0.25) is 19.2 Å². The molecule has 2 aromatic rings. The zero-order chi connectivity index (χ0) is 33.2. The minimum absolute atomic E-state index is 0.156. The summed E-state index contributed by atoms with van der Waals surface area (Å²) in [6.45, 7) is 6.23. The predicted octanol–water partition coefficient (Wildman–Crippen LogP) is 3.33. The van der Waals surface area contributed by atoms with Gasteiger partial charge in [0.25, 0.3) is 0 Å². The first-order valence-corrected chi connectivity index (χ1v) is 16.8. The lowest BCUT2D eigenvalue weighted by Gasteiger charge is -2.39. The third kappa shape index (κ3) is 8.19. The molecule has 2 fully saturated rings. The van der Waals surface area contributed by atoms with E-state index in [9.17, 15) is 19.2 Å². The Hall–Kier alpha value is -4.09. The summed E-state index contributed by atoms with van der Waals surface area (Å²) in [7, 11) is 1.56. The van der Waals surface area contributed by atoms with Crippen molar-refractivity contribution in [3.8, 4) is 0 Å². The van der Waals surface area contributed by atoms with Crippen molar-refractivity contribution in [3.63, 3.8) is 0 Å². The fourth-order valence-corrected chi connectivity index (χ4v) is 6.51. The van der Waals surface area contributed by atoms with Gasteiger partial charge in [0.15, 0.2) is 0 Å². The maximum absolute atomic E-state index is 14.1. The number of oxime groups is 1. The van der Waals surface area contributed by atoms with Gasteiger partial charge in [0.05, 0.1) is 11.2 Å². The van der Waals surface area contributed by atoms with Crippen molar-refractivity contribution in [2.24, 2.45) is 11.1 Å². The summed E-state index contributed by atoms with van der Waals surface area (Å²) >= 11 is 0. The Morgan fingerprint density at radius 2 is 1.74 bits per heavy atom. The molecule has 2 saturated heterocycles. The monoisotopic (exact) mass is 638 g/mol. The Morgan fingerprint density at radius 3 is 2.46 bits per heavy atom. The molecule has 1 aromatic heterocycles. The number of carbonyl (C=O) groups is 4. The number of para-hydroxylation sites is 1. The van der Waals surface area contributed by atoms with Gasteiger partial charge in [0, 0.05) is 24.5 Å². The fraction of sp³-hybridized carbons (Fsp3) is 0.618. The van der Waals surface area contributed by atoms with Crippen molar-refractivity contribution in [2.75, 3.05) is 13.7 Å². The second kappa shape index (κ2) is 16.5. The summed E-state index contributed by atoms with van der Waals surface area (Å²) in [5.74, 6) is -1.68. The average molecular weight is 639 g/mol. The summed E-state index contributed by atoms with van der Waals surface area (Å²) < 4.78 is 1.62. The standard InChI is InChI=1S/C34H50N6O6/c1-5-22(3)30-34(44)39-19-13-12-18-29(39)33(43)35-26(16-9-7-8-14-24(6-2)38-45)31(41)36-27(32(42)37-30)20-23-21-40(46-4)28-17-11-10-15-25(23)28/h10-11,15,17,21-22,26-27,29-30,45H,5-9,12-14,16,18-20H2,1-4H3,(H,35,43)(H,36,41)(H,37,42)/b38-24+/t22-,26-,27-,29+,30-/m0/s1. The van der Waals surface area contributed by atoms with E-state index in [1.54, 1.807) is 22.9 Å². The van der Waals surface area contributed by atoms with Gasteiger partial charge in [-0.1, -0.05) is 63.4 Å². The van der Waals surface area contributed by atoms with Crippen molar-refractivity contribution < 1.29 is 29.2 Å². The minimum Gasteiger partial charge on any atom is -0.417 e. The molecule has 0 bridgehead atoms. The molecule has 4 amide bonds. The number of nitrogens with zero attached hydrogens (tertiary/aromatic N) is 3. The van der Waals surface area contributed by atoms with Crippen molar-refractivity contribution in [1.29, 1.82) is 0 Å². The number of piperidine rings is 1. The zero-order valence-corrected chi connectivity index (χ0v) is 27.6. The van der Waals surface area contributed by atoms with Crippen LogP contribution < -0.4 is 20.8 Å². The molecule has 4 rings (SSSR count). The maximum atomic E-state index is 14.1. The number of aromatic nitrogens is 1. The van der Waals surface area contributed by atoms with Crippen LogP contribution in [0.2, 0.25) is 0 Å². The fourth-order valence-electron chi connectivity index (χ4n) is 6.51. The highest BCUT2D eigenvalue weighted by molar-refractivity contribution is 5.98. The van der Waals surface area contributed by atoms with Crippen molar-refractivity contribution >= 4 is 40.2 Å². The van der Waals surface area contributed by atoms with Gasteiger partial charge in [-0.2, -0.15) is 4.73 Å². The quantitative estimate of drug-likeness (QED) is 0.121. The van der Waals surface area contributed by atoms with Crippen molar-refractivity contribution in [2.45, 2.75) is 116 Å². The third-order valence-corrected chi connectivity index (χ3v) is 9.52. The second-order valence-corrected chi connectivity index (χ2v) is 12.5. The van der Waals surface area contributed by atoms with Crippen LogP contribution in [0.25, 0.3) is 10.9 Å². The van der Waals surface area contributed by atoms with Gasteiger partial charge in [-0.25, -0.2) is 0 Å². The van der Waals surface area contributed by atoms with Crippen LogP contribution in [-0.2, 0) is 25.6 Å². The van der Waals surface area contributed by atoms with E-state index in [1.807, 2.05) is 45.0 Å². The van der Waals surface area contributed by atoms with Gasteiger partial charge in [0.1, 0.15) is 31.3 Å². The van der Waals surface area contributed by atoms with Crippen LogP contribution in [0.1, 0.15) is 90.5 Å². The summed E-state index contributed by atoms with van der Waals surface area (Å²) in [6.07, 6.45) is 8.54. The highest BCUT2D eigenvalue weighted by atomic mass is 16.6. The highest BCUT2D eigenvalue weighted by Gasteiger charge is 2.40. The van der Waals surface area contributed by atoms with Crippen LogP contribution in [0.5, 0.6) is 0 Å². The molecule has 46 heavy (non-hydrogen) atoms. The van der Waals surface area contributed by atoms with Gasteiger partial charge >= 0.3 is 0 Å². The molecule has 2 aliphatic heterocycles. The molecule has 2 aliphatic rings. The summed E-state index contributed by atoms with van der Waals surface area (Å²) in [5.41, 5.74) is 2.34. The van der Waals surface area contributed by atoms with Gasteiger partial charge in [-0.15, -0.1) is 0 Å². The normalized spacial score (nSPS) is 23.9. The van der Waals surface area contributed by atoms with Crippen LogP contribution in [-0.4, -0.2) is 82.0 Å². The Balaban J connectivity index is 1.65. The molecule has 5 atom stereocenters. The number of hydrogen-bond acceptors (Lipinski definition) is 7. The van der Waals surface area contributed by atoms with Crippen LogP contribution in [0.3, 0.4) is 0 Å². The Labute approximate surface area is 271 Å². The summed E-state index contributed by atoms with van der Waals surface area (Å²) in [6, 6.07) is 4.21. The number of unbranched alkanes of at least 4 members (excludes halogenated alkanes) is 2. The molecule has 0 radical (unpaired) electrons. The molecule has 0 aliphatic carbocycles. The van der Waals surface area contributed by atoms with Crippen LogP contribution in [0.4, 0.5) is 0 Å². The Morgan fingerprint density at radius 1 is 1.00 bits per heavy atom. The van der Waals surface area contributed by atoms with Crippen LogP contribution in [0, 0.1) is 5.92 Å². The highest BCUT2D eigenvalue weighted by Crippen LogP contribution is 2.24. The third-order valence-electron chi connectivity index (χ3n) is 9.52. The Bertz CT molecular complexity index is 1410. The Kier molecular flexibility index (Phi) is 12.4. The number of benzene rings is 1. The minimum atomic E-state index is -1.01. The number of nitrogens with one attached hydrogen (secondary N) is 3. The first kappa shape index (κ1) is 34.8. The van der Waals surface area contributed by atoms with E-state index in [4.69, 9.17) is 10.0 Å². The topological polar surface area (TPSA) is 154 Å². The number of carbonyl (C=O) groups excluding carboxylic acids is 4. The van der Waals surface area contributed by atoms with E-state index in [1.165, 1.54) is 0 Å². The molecule has 12 nitrogen and oxygen atoms in total. The molecular weight excluding hydrogens is 588 g/mol. The van der Waals surface area contributed by atoms with Crippen LogP contribution in [0.15, 0.2) is 35.6 Å².